The lowest BCUT2D eigenvalue weighted by molar-refractivity contribution is -0.131. The molecule has 0 bridgehead atoms. The van der Waals surface area contributed by atoms with Crippen LogP contribution in [-0.4, -0.2) is 29.6 Å². The van der Waals surface area contributed by atoms with Gasteiger partial charge in [0, 0.05) is 30.2 Å². The van der Waals surface area contributed by atoms with Gasteiger partial charge in [-0.2, -0.15) is 0 Å². The summed E-state index contributed by atoms with van der Waals surface area (Å²) in [5.74, 6) is 2.65. The normalized spacial score (nSPS) is 21.2. The minimum atomic E-state index is 0.353. The van der Waals surface area contributed by atoms with Gasteiger partial charge in [0.05, 0.1) is 0 Å². The number of likely N-dealkylation sites (tertiary alicyclic amines) is 1. The largest absolute Gasteiger partial charge is 0.342 e. The Labute approximate surface area is 133 Å². The fraction of sp³-hybridized carbons (Fsp3) is 0.611. The Bertz CT molecular complexity index is 457. The van der Waals surface area contributed by atoms with Crippen LogP contribution in [0.4, 0.5) is 0 Å². The number of nitrogens with zero attached hydrogens (tertiary/aromatic N) is 1. The van der Waals surface area contributed by atoms with E-state index >= 15 is 0 Å². The molecular formula is C18H27NOS. The molecule has 1 heterocycles. The molecule has 2 rings (SSSR count). The molecule has 0 aromatic heterocycles. The van der Waals surface area contributed by atoms with Gasteiger partial charge in [0.2, 0.25) is 5.91 Å². The monoisotopic (exact) mass is 305 g/mol. The Balaban J connectivity index is 1.79. The molecule has 1 fully saturated rings. The Morgan fingerprint density at radius 3 is 2.71 bits per heavy atom. The van der Waals surface area contributed by atoms with Crippen molar-refractivity contribution < 1.29 is 4.79 Å². The number of benzene rings is 1. The molecule has 1 amide bonds. The number of rotatable bonds is 5. The number of thioether (sulfide) groups is 1. The highest BCUT2D eigenvalue weighted by Crippen LogP contribution is 2.23. The van der Waals surface area contributed by atoms with E-state index in [1.54, 1.807) is 0 Å². The van der Waals surface area contributed by atoms with Gasteiger partial charge in [-0.05, 0) is 43.7 Å². The van der Waals surface area contributed by atoms with Crippen LogP contribution in [0.1, 0.15) is 38.7 Å². The lowest BCUT2D eigenvalue weighted by Gasteiger charge is -2.24. The predicted molar refractivity (Wildman–Crippen MR) is 90.7 cm³/mol. The van der Waals surface area contributed by atoms with Crippen molar-refractivity contribution in [1.82, 2.24) is 4.90 Å². The molecular weight excluding hydrogens is 278 g/mol. The maximum absolute atomic E-state index is 12.1. The molecule has 1 aromatic carbocycles. The van der Waals surface area contributed by atoms with Crippen molar-refractivity contribution in [3.05, 3.63) is 29.8 Å². The molecule has 0 spiro atoms. The number of aryl methyl sites for hydroxylation is 1. The van der Waals surface area contributed by atoms with E-state index in [1.807, 2.05) is 11.8 Å². The molecule has 3 heteroatoms. The smallest absolute Gasteiger partial charge is 0.222 e. The lowest BCUT2D eigenvalue weighted by atomic mass is 10.0. The summed E-state index contributed by atoms with van der Waals surface area (Å²) in [7, 11) is 0. The SMILES string of the molecule is Cc1ccc(SC[C@H](C)CN2CC[C@H](C)CCC2=O)cc1. The third-order valence-corrected chi connectivity index (χ3v) is 5.52. The standard InChI is InChI=1S/C18H27NOS/c1-14-4-7-17(8-5-14)21-13-16(3)12-19-11-10-15(2)6-9-18(19)20/h4-5,7-8,15-16H,6,9-13H2,1-3H3/t15-,16-/m1/s1. The van der Waals surface area contributed by atoms with Crippen LogP contribution in [0.25, 0.3) is 0 Å². The van der Waals surface area contributed by atoms with Crippen molar-refractivity contribution in [2.24, 2.45) is 11.8 Å². The van der Waals surface area contributed by atoms with Gasteiger partial charge in [-0.25, -0.2) is 0 Å². The van der Waals surface area contributed by atoms with Gasteiger partial charge < -0.3 is 4.90 Å². The fourth-order valence-corrected chi connectivity index (χ4v) is 3.58. The second kappa shape index (κ2) is 7.88. The zero-order chi connectivity index (χ0) is 15.2. The average Bonchev–Trinajstić information content (AvgIpc) is 2.62. The highest BCUT2D eigenvalue weighted by molar-refractivity contribution is 7.99. The van der Waals surface area contributed by atoms with Crippen LogP contribution in [0.5, 0.6) is 0 Å². The van der Waals surface area contributed by atoms with Crippen molar-refractivity contribution in [3.8, 4) is 0 Å². The molecule has 2 nitrogen and oxygen atoms in total. The molecule has 0 unspecified atom stereocenters. The molecule has 1 aliphatic heterocycles. The van der Waals surface area contributed by atoms with Crippen molar-refractivity contribution in [2.45, 2.75) is 44.9 Å². The molecule has 1 aliphatic rings. The van der Waals surface area contributed by atoms with Gasteiger partial charge in [-0.15, -0.1) is 11.8 Å². The first kappa shape index (κ1) is 16.4. The van der Waals surface area contributed by atoms with Crippen molar-refractivity contribution >= 4 is 17.7 Å². The Kier molecular flexibility index (Phi) is 6.16. The van der Waals surface area contributed by atoms with Gasteiger partial charge in [0.25, 0.3) is 0 Å². The van der Waals surface area contributed by atoms with E-state index < -0.39 is 0 Å². The minimum Gasteiger partial charge on any atom is -0.342 e. The first-order valence-corrected chi connectivity index (χ1v) is 9.00. The van der Waals surface area contributed by atoms with Gasteiger partial charge in [0.1, 0.15) is 0 Å². The summed E-state index contributed by atoms with van der Waals surface area (Å²) in [4.78, 5) is 15.5. The van der Waals surface area contributed by atoms with Crippen molar-refractivity contribution in [2.75, 3.05) is 18.8 Å². The van der Waals surface area contributed by atoms with Gasteiger partial charge >= 0.3 is 0 Å². The summed E-state index contributed by atoms with van der Waals surface area (Å²) in [6.45, 7) is 8.48. The van der Waals surface area contributed by atoms with Crippen LogP contribution < -0.4 is 0 Å². The van der Waals surface area contributed by atoms with E-state index in [4.69, 9.17) is 0 Å². The first-order chi connectivity index (χ1) is 10.0. The van der Waals surface area contributed by atoms with E-state index in [0.717, 1.165) is 38.1 Å². The second-order valence-corrected chi connectivity index (χ2v) is 7.59. The summed E-state index contributed by atoms with van der Waals surface area (Å²) in [5, 5.41) is 0. The highest BCUT2D eigenvalue weighted by Gasteiger charge is 2.21. The fourth-order valence-electron chi connectivity index (χ4n) is 2.67. The summed E-state index contributed by atoms with van der Waals surface area (Å²) >= 11 is 1.89. The summed E-state index contributed by atoms with van der Waals surface area (Å²) < 4.78 is 0. The molecule has 0 N–H and O–H groups in total. The Hall–Kier alpha value is -0.960. The maximum Gasteiger partial charge on any atom is 0.222 e. The molecule has 1 aromatic rings. The number of carbonyl (C=O) groups excluding carboxylic acids is 1. The van der Waals surface area contributed by atoms with Gasteiger partial charge in [0.15, 0.2) is 0 Å². The third-order valence-electron chi connectivity index (χ3n) is 4.18. The van der Waals surface area contributed by atoms with Crippen LogP contribution >= 0.6 is 11.8 Å². The summed E-state index contributed by atoms with van der Waals surface area (Å²) in [6, 6.07) is 8.69. The third kappa shape index (κ3) is 5.39. The Morgan fingerprint density at radius 1 is 1.29 bits per heavy atom. The van der Waals surface area contributed by atoms with E-state index in [1.165, 1.54) is 10.5 Å². The minimum absolute atomic E-state index is 0.353. The van der Waals surface area contributed by atoms with E-state index in [9.17, 15) is 4.79 Å². The summed E-state index contributed by atoms with van der Waals surface area (Å²) in [5.41, 5.74) is 1.30. The topological polar surface area (TPSA) is 20.3 Å². The predicted octanol–water partition coefficient (Wildman–Crippen LogP) is 4.37. The number of amides is 1. The van der Waals surface area contributed by atoms with Crippen LogP contribution in [0.2, 0.25) is 0 Å². The second-order valence-electron chi connectivity index (χ2n) is 6.50. The first-order valence-electron chi connectivity index (χ1n) is 8.02. The molecule has 21 heavy (non-hydrogen) atoms. The average molecular weight is 305 g/mol. The summed E-state index contributed by atoms with van der Waals surface area (Å²) in [6.07, 6.45) is 2.95. The highest BCUT2D eigenvalue weighted by atomic mass is 32.2. The molecule has 1 saturated heterocycles. The van der Waals surface area contributed by atoms with Crippen LogP contribution in [0.15, 0.2) is 29.2 Å². The lowest BCUT2D eigenvalue weighted by Crippen LogP contribution is -2.34. The molecule has 2 atom stereocenters. The van der Waals surface area contributed by atoms with Crippen molar-refractivity contribution in [1.29, 1.82) is 0 Å². The zero-order valence-electron chi connectivity index (χ0n) is 13.5. The number of hydrogen-bond donors (Lipinski definition) is 0. The molecule has 116 valence electrons. The molecule has 0 aliphatic carbocycles. The number of carbonyl (C=O) groups is 1. The number of hydrogen-bond acceptors (Lipinski definition) is 2. The van der Waals surface area contributed by atoms with Gasteiger partial charge in [-0.3, -0.25) is 4.79 Å². The van der Waals surface area contributed by atoms with Crippen molar-refractivity contribution in [3.63, 3.8) is 0 Å². The van der Waals surface area contributed by atoms with Gasteiger partial charge in [-0.1, -0.05) is 31.5 Å². The Morgan fingerprint density at radius 2 is 2.00 bits per heavy atom. The van der Waals surface area contributed by atoms with Crippen LogP contribution in [-0.2, 0) is 4.79 Å². The van der Waals surface area contributed by atoms with E-state index in [-0.39, 0.29) is 0 Å². The van der Waals surface area contributed by atoms with E-state index in [2.05, 4.69) is 49.9 Å². The van der Waals surface area contributed by atoms with Crippen LogP contribution in [0.3, 0.4) is 0 Å². The molecule has 0 saturated carbocycles. The zero-order valence-corrected chi connectivity index (χ0v) is 14.3. The maximum atomic E-state index is 12.1. The van der Waals surface area contributed by atoms with Crippen LogP contribution in [0, 0.1) is 18.8 Å². The quantitative estimate of drug-likeness (QED) is 0.753. The van der Waals surface area contributed by atoms with E-state index in [0.29, 0.717) is 17.7 Å². The molecule has 0 radical (unpaired) electrons.